The van der Waals surface area contributed by atoms with Gasteiger partial charge in [-0.05, 0) is 18.8 Å². The fourth-order valence-electron chi connectivity index (χ4n) is 1.57. The maximum Gasteiger partial charge on any atom is 0.0660 e. The Kier molecular flexibility index (Phi) is 4.74. The van der Waals surface area contributed by atoms with Crippen LogP contribution in [-0.4, -0.2) is 34.9 Å². The molecule has 0 saturated carbocycles. The predicted octanol–water partition coefficient (Wildman–Crippen LogP) is 2.31. The van der Waals surface area contributed by atoms with Gasteiger partial charge in [0.05, 0.1) is 6.10 Å². The van der Waals surface area contributed by atoms with Gasteiger partial charge in [-0.25, -0.2) is 0 Å². The summed E-state index contributed by atoms with van der Waals surface area (Å²) in [7, 11) is 0. The van der Waals surface area contributed by atoms with E-state index in [4.69, 9.17) is 4.74 Å². The first-order valence-electron chi connectivity index (χ1n) is 5.39. The van der Waals surface area contributed by atoms with Crippen LogP contribution in [-0.2, 0) is 4.74 Å². The van der Waals surface area contributed by atoms with Crippen molar-refractivity contribution in [2.24, 2.45) is 5.92 Å². The number of hydrogen-bond donors (Lipinski definition) is 1. The molecule has 1 rings (SSSR count). The minimum Gasteiger partial charge on any atom is -0.392 e. The van der Waals surface area contributed by atoms with Gasteiger partial charge in [-0.1, -0.05) is 20.8 Å². The largest absolute Gasteiger partial charge is 0.392 e. The van der Waals surface area contributed by atoms with E-state index in [1.54, 1.807) is 0 Å². The summed E-state index contributed by atoms with van der Waals surface area (Å²) < 4.78 is 5.53. The summed E-state index contributed by atoms with van der Waals surface area (Å²) in [6.45, 7) is 8.21. The van der Waals surface area contributed by atoms with Crippen molar-refractivity contribution in [3.8, 4) is 0 Å². The number of hydrogen-bond acceptors (Lipinski definition) is 3. The monoisotopic (exact) mass is 218 g/mol. The van der Waals surface area contributed by atoms with E-state index < -0.39 is 0 Å². The van der Waals surface area contributed by atoms with Gasteiger partial charge < -0.3 is 9.84 Å². The van der Waals surface area contributed by atoms with Crippen LogP contribution in [0.1, 0.15) is 33.6 Å². The Morgan fingerprint density at radius 3 is 2.43 bits per heavy atom. The molecule has 1 aliphatic heterocycles. The smallest absolute Gasteiger partial charge is 0.0660 e. The van der Waals surface area contributed by atoms with Gasteiger partial charge in [0.15, 0.2) is 0 Å². The standard InChI is InChI=1S/C11H22O2S/c1-11(2,3)14-8-10(12)9-4-6-13-7-5-9/h9-10,12H,4-8H2,1-3H3. The molecule has 0 bridgehead atoms. The van der Waals surface area contributed by atoms with Crippen LogP contribution in [0.5, 0.6) is 0 Å². The summed E-state index contributed by atoms with van der Waals surface area (Å²) in [5, 5.41) is 9.96. The van der Waals surface area contributed by atoms with E-state index in [1.807, 2.05) is 11.8 Å². The van der Waals surface area contributed by atoms with E-state index >= 15 is 0 Å². The molecular formula is C11H22O2S. The Balaban J connectivity index is 2.23. The minimum absolute atomic E-state index is 0.150. The fraction of sp³-hybridized carbons (Fsp3) is 1.00. The fourth-order valence-corrected chi connectivity index (χ4v) is 2.51. The van der Waals surface area contributed by atoms with E-state index in [9.17, 15) is 5.11 Å². The van der Waals surface area contributed by atoms with Crippen molar-refractivity contribution in [2.75, 3.05) is 19.0 Å². The van der Waals surface area contributed by atoms with E-state index in [0.29, 0.717) is 5.92 Å². The highest BCUT2D eigenvalue weighted by Crippen LogP contribution is 2.28. The average Bonchev–Trinajstić information content (AvgIpc) is 2.14. The third kappa shape index (κ3) is 4.67. The van der Waals surface area contributed by atoms with E-state index in [1.165, 1.54) is 0 Å². The quantitative estimate of drug-likeness (QED) is 0.788. The van der Waals surface area contributed by atoms with Crippen LogP contribution in [0.25, 0.3) is 0 Å². The minimum atomic E-state index is -0.150. The maximum atomic E-state index is 9.96. The normalized spacial score (nSPS) is 22.3. The molecule has 0 spiro atoms. The van der Waals surface area contributed by atoms with Gasteiger partial charge in [0.1, 0.15) is 0 Å². The van der Waals surface area contributed by atoms with Crippen LogP contribution < -0.4 is 0 Å². The first kappa shape index (κ1) is 12.3. The summed E-state index contributed by atoms with van der Waals surface area (Å²) in [4.78, 5) is 0. The molecule has 0 aromatic rings. The molecule has 1 saturated heterocycles. The van der Waals surface area contributed by atoms with Crippen molar-refractivity contribution in [1.82, 2.24) is 0 Å². The second kappa shape index (κ2) is 5.38. The molecule has 84 valence electrons. The molecule has 2 nitrogen and oxygen atoms in total. The number of rotatable bonds is 3. The molecule has 1 N–H and O–H groups in total. The summed E-state index contributed by atoms with van der Waals surface area (Å²) in [6, 6.07) is 0. The molecule has 1 atom stereocenters. The van der Waals surface area contributed by atoms with Gasteiger partial charge in [0, 0.05) is 23.7 Å². The Labute approximate surface area is 91.4 Å². The van der Waals surface area contributed by atoms with Crippen molar-refractivity contribution >= 4 is 11.8 Å². The molecule has 1 aliphatic rings. The molecule has 0 aliphatic carbocycles. The molecule has 14 heavy (non-hydrogen) atoms. The van der Waals surface area contributed by atoms with Crippen LogP contribution >= 0.6 is 11.8 Å². The van der Waals surface area contributed by atoms with Crippen LogP contribution in [0.15, 0.2) is 0 Å². The lowest BCUT2D eigenvalue weighted by Crippen LogP contribution is -2.30. The van der Waals surface area contributed by atoms with Crippen molar-refractivity contribution < 1.29 is 9.84 Å². The van der Waals surface area contributed by atoms with Crippen LogP contribution in [0.3, 0.4) is 0 Å². The van der Waals surface area contributed by atoms with Crippen molar-refractivity contribution in [3.63, 3.8) is 0 Å². The number of aliphatic hydroxyl groups excluding tert-OH is 1. The molecule has 1 fully saturated rings. The predicted molar refractivity (Wildman–Crippen MR) is 61.8 cm³/mol. The summed E-state index contributed by atoms with van der Waals surface area (Å²) >= 11 is 1.84. The zero-order chi connectivity index (χ0) is 10.6. The SMILES string of the molecule is CC(C)(C)SCC(O)C1CCOCC1. The van der Waals surface area contributed by atoms with Gasteiger partial charge in [-0.15, -0.1) is 0 Å². The van der Waals surface area contributed by atoms with Crippen LogP contribution in [0.4, 0.5) is 0 Å². The van der Waals surface area contributed by atoms with E-state index in [0.717, 1.165) is 31.8 Å². The Hall–Kier alpha value is 0.270. The number of aliphatic hydroxyl groups is 1. The average molecular weight is 218 g/mol. The molecular weight excluding hydrogens is 196 g/mol. The van der Waals surface area contributed by atoms with Gasteiger partial charge in [-0.2, -0.15) is 11.8 Å². The maximum absolute atomic E-state index is 9.96. The highest BCUT2D eigenvalue weighted by molar-refractivity contribution is 8.00. The summed E-state index contributed by atoms with van der Waals surface area (Å²) in [6.07, 6.45) is 1.89. The number of thioether (sulfide) groups is 1. The molecule has 3 heteroatoms. The van der Waals surface area contributed by atoms with Gasteiger partial charge in [0.25, 0.3) is 0 Å². The third-order valence-electron chi connectivity index (χ3n) is 2.50. The van der Waals surface area contributed by atoms with Crippen molar-refractivity contribution in [3.05, 3.63) is 0 Å². The highest BCUT2D eigenvalue weighted by Gasteiger charge is 2.23. The zero-order valence-electron chi connectivity index (χ0n) is 9.45. The van der Waals surface area contributed by atoms with Crippen LogP contribution in [0, 0.1) is 5.92 Å². The molecule has 1 heterocycles. The Bertz CT molecular complexity index is 159. The Morgan fingerprint density at radius 2 is 1.93 bits per heavy atom. The molecule has 0 aromatic heterocycles. The second-order valence-electron chi connectivity index (χ2n) is 4.94. The van der Waals surface area contributed by atoms with Crippen molar-refractivity contribution in [2.45, 2.75) is 44.5 Å². The number of ether oxygens (including phenoxy) is 1. The summed E-state index contributed by atoms with van der Waals surface area (Å²) in [5.41, 5.74) is 0. The van der Waals surface area contributed by atoms with Crippen LogP contribution in [0.2, 0.25) is 0 Å². The van der Waals surface area contributed by atoms with E-state index in [-0.39, 0.29) is 10.9 Å². The van der Waals surface area contributed by atoms with E-state index in [2.05, 4.69) is 20.8 Å². The highest BCUT2D eigenvalue weighted by atomic mass is 32.2. The topological polar surface area (TPSA) is 29.5 Å². The first-order chi connectivity index (χ1) is 6.49. The Morgan fingerprint density at radius 1 is 1.36 bits per heavy atom. The second-order valence-corrected chi connectivity index (χ2v) is 6.79. The third-order valence-corrected chi connectivity index (χ3v) is 3.87. The lowest BCUT2D eigenvalue weighted by atomic mass is 9.95. The summed E-state index contributed by atoms with van der Waals surface area (Å²) in [5.74, 6) is 1.31. The van der Waals surface area contributed by atoms with Crippen molar-refractivity contribution in [1.29, 1.82) is 0 Å². The molecule has 0 radical (unpaired) electrons. The molecule has 0 aromatic carbocycles. The van der Waals surface area contributed by atoms with Gasteiger partial charge in [0.2, 0.25) is 0 Å². The first-order valence-corrected chi connectivity index (χ1v) is 6.37. The zero-order valence-corrected chi connectivity index (χ0v) is 10.3. The lowest BCUT2D eigenvalue weighted by molar-refractivity contribution is 0.0168. The lowest BCUT2D eigenvalue weighted by Gasteiger charge is -2.28. The van der Waals surface area contributed by atoms with Gasteiger partial charge in [-0.3, -0.25) is 0 Å². The molecule has 0 amide bonds. The van der Waals surface area contributed by atoms with Gasteiger partial charge >= 0.3 is 0 Å². The molecule has 1 unspecified atom stereocenters.